The number of carboxylic acid groups (broad SMARTS) is 1. The zero-order chi connectivity index (χ0) is 18.3. The Bertz CT molecular complexity index is 681. The van der Waals surface area contributed by atoms with Crippen molar-refractivity contribution in [2.45, 2.75) is 19.8 Å². The maximum Gasteiger partial charge on any atom is 0.307 e. The van der Waals surface area contributed by atoms with Crippen molar-refractivity contribution in [3.05, 3.63) is 67.6 Å². The van der Waals surface area contributed by atoms with Gasteiger partial charge in [-0.1, -0.05) is 58.5 Å². The largest absolute Gasteiger partial charge is 0.481 e. The molecule has 0 heterocycles. The van der Waals surface area contributed by atoms with Crippen LogP contribution in [0.5, 0.6) is 0 Å². The number of hydrogen-bond donors (Lipinski definition) is 1. The standard InChI is InChI=1S/C9H8Cl2O.C8H6Cl2O2/c1-6(12)4-7-2-3-8(10)5-9(7)11;9-6-2-1-5(3-8(11)12)7(10)4-6/h2-3,5H,4H2,1H3;1-2,4H,3H2,(H,11,12). The van der Waals surface area contributed by atoms with Crippen molar-refractivity contribution in [3.63, 3.8) is 0 Å². The molecule has 2 aromatic carbocycles. The Morgan fingerprint density at radius 3 is 1.58 bits per heavy atom. The summed E-state index contributed by atoms with van der Waals surface area (Å²) in [6, 6.07) is 9.89. The lowest BCUT2D eigenvalue weighted by atomic mass is 10.1. The summed E-state index contributed by atoms with van der Waals surface area (Å²) in [4.78, 5) is 21.1. The van der Waals surface area contributed by atoms with Gasteiger partial charge >= 0.3 is 5.97 Å². The van der Waals surface area contributed by atoms with Gasteiger partial charge in [-0.2, -0.15) is 0 Å². The van der Waals surface area contributed by atoms with E-state index in [2.05, 4.69) is 0 Å². The number of rotatable bonds is 4. The number of carboxylic acids is 1. The number of aliphatic carboxylic acids is 1. The number of ketones is 1. The van der Waals surface area contributed by atoms with Crippen LogP contribution in [0.2, 0.25) is 20.1 Å². The Kier molecular flexibility index (Phi) is 8.57. The molecule has 0 amide bonds. The number of halogens is 4. The number of carbonyl (C=O) groups excluding carboxylic acids is 1. The van der Waals surface area contributed by atoms with Gasteiger partial charge in [-0.25, -0.2) is 0 Å². The number of Topliss-reactive ketones (excluding diaryl/α,β-unsaturated/α-hetero) is 1. The summed E-state index contributed by atoms with van der Waals surface area (Å²) < 4.78 is 0. The van der Waals surface area contributed by atoms with Crippen LogP contribution in [0.25, 0.3) is 0 Å². The predicted octanol–water partition coefficient (Wildman–Crippen LogP) is 5.75. The fourth-order valence-electron chi connectivity index (χ4n) is 1.76. The second-order valence-corrected chi connectivity index (χ2v) is 6.61. The summed E-state index contributed by atoms with van der Waals surface area (Å²) >= 11 is 22.9. The summed E-state index contributed by atoms with van der Waals surface area (Å²) in [7, 11) is 0. The third kappa shape index (κ3) is 7.54. The van der Waals surface area contributed by atoms with Crippen molar-refractivity contribution in [2.75, 3.05) is 0 Å². The van der Waals surface area contributed by atoms with Crippen LogP contribution in [0.3, 0.4) is 0 Å². The molecule has 0 aliphatic heterocycles. The van der Waals surface area contributed by atoms with Crippen molar-refractivity contribution in [3.8, 4) is 0 Å². The molecule has 0 bridgehead atoms. The summed E-state index contributed by atoms with van der Waals surface area (Å²) in [5, 5.41) is 10.5. The van der Waals surface area contributed by atoms with Gasteiger partial charge in [0.15, 0.2) is 0 Å². The molecule has 0 saturated carbocycles. The Hall–Kier alpha value is -1.26. The number of carbonyl (C=O) groups is 2. The zero-order valence-corrected chi connectivity index (χ0v) is 15.7. The van der Waals surface area contributed by atoms with E-state index in [4.69, 9.17) is 51.5 Å². The molecule has 0 aliphatic rings. The van der Waals surface area contributed by atoms with E-state index in [0.29, 0.717) is 32.1 Å². The second-order valence-electron chi connectivity index (χ2n) is 4.92. The van der Waals surface area contributed by atoms with Crippen molar-refractivity contribution >= 4 is 58.2 Å². The Balaban J connectivity index is 0.000000240. The number of benzene rings is 2. The van der Waals surface area contributed by atoms with Crippen LogP contribution >= 0.6 is 46.4 Å². The summed E-state index contributed by atoms with van der Waals surface area (Å²) in [5.74, 6) is -0.807. The minimum absolute atomic E-state index is 0.0734. The Morgan fingerprint density at radius 1 is 0.833 bits per heavy atom. The fourth-order valence-corrected chi connectivity index (χ4v) is 2.71. The SMILES string of the molecule is CC(=O)Cc1ccc(Cl)cc1Cl.O=C(O)Cc1ccc(Cl)cc1Cl. The topological polar surface area (TPSA) is 54.4 Å². The van der Waals surface area contributed by atoms with Crippen LogP contribution in [0.15, 0.2) is 36.4 Å². The first-order valence-electron chi connectivity index (χ1n) is 6.78. The van der Waals surface area contributed by atoms with E-state index < -0.39 is 5.97 Å². The van der Waals surface area contributed by atoms with Crippen LogP contribution in [-0.2, 0) is 22.4 Å². The lowest BCUT2D eigenvalue weighted by Gasteiger charge is -2.00. The van der Waals surface area contributed by atoms with Gasteiger partial charge in [0.1, 0.15) is 5.78 Å². The summed E-state index contributed by atoms with van der Waals surface area (Å²) in [6.07, 6.45) is 0.298. The van der Waals surface area contributed by atoms with E-state index in [-0.39, 0.29) is 12.2 Å². The molecule has 24 heavy (non-hydrogen) atoms. The van der Waals surface area contributed by atoms with E-state index in [1.54, 1.807) is 30.3 Å². The second kappa shape index (κ2) is 9.90. The van der Waals surface area contributed by atoms with Gasteiger partial charge in [0.25, 0.3) is 0 Å². The molecule has 0 spiro atoms. The molecule has 128 valence electrons. The quantitative estimate of drug-likeness (QED) is 0.702. The molecule has 2 aromatic rings. The Labute approximate surface area is 160 Å². The van der Waals surface area contributed by atoms with Gasteiger partial charge < -0.3 is 5.11 Å². The molecule has 0 unspecified atom stereocenters. The smallest absolute Gasteiger partial charge is 0.307 e. The Morgan fingerprint density at radius 2 is 1.25 bits per heavy atom. The summed E-state index contributed by atoms with van der Waals surface area (Å²) in [5.41, 5.74) is 1.40. The summed E-state index contributed by atoms with van der Waals surface area (Å²) in [6.45, 7) is 1.53. The van der Waals surface area contributed by atoms with Crippen molar-refractivity contribution in [1.29, 1.82) is 0 Å². The zero-order valence-electron chi connectivity index (χ0n) is 12.7. The van der Waals surface area contributed by atoms with Crippen LogP contribution in [-0.4, -0.2) is 16.9 Å². The van der Waals surface area contributed by atoms with Gasteiger partial charge in [-0.15, -0.1) is 0 Å². The fraction of sp³-hybridized carbons (Fsp3) is 0.176. The minimum atomic E-state index is -0.903. The highest BCUT2D eigenvalue weighted by atomic mass is 35.5. The van der Waals surface area contributed by atoms with Gasteiger partial charge in [0, 0.05) is 26.5 Å². The van der Waals surface area contributed by atoms with E-state index in [0.717, 1.165) is 5.56 Å². The third-order valence-corrected chi connectivity index (χ3v) is 3.99. The van der Waals surface area contributed by atoms with Gasteiger partial charge in [-0.05, 0) is 42.3 Å². The average molecular weight is 408 g/mol. The van der Waals surface area contributed by atoms with Gasteiger partial charge in [-0.3, -0.25) is 9.59 Å². The van der Waals surface area contributed by atoms with E-state index in [1.807, 2.05) is 0 Å². The lowest BCUT2D eigenvalue weighted by molar-refractivity contribution is -0.136. The highest BCUT2D eigenvalue weighted by Crippen LogP contribution is 2.22. The highest BCUT2D eigenvalue weighted by molar-refractivity contribution is 6.35. The van der Waals surface area contributed by atoms with E-state index in [1.165, 1.54) is 13.0 Å². The van der Waals surface area contributed by atoms with Crippen LogP contribution < -0.4 is 0 Å². The molecule has 0 atom stereocenters. The normalized spacial score (nSPS) is 9.88. The molecule has 0 fully saturated rings. The van der Waals surface area contributed by atoms with Crippen LogP contribution in [0.4, 0.5) is 0 Å². The molecular formula is C17H14Cl4O3. The molecule has 7 heteroatoms. The van der Waals surface area contributed by atoms with E-state index in [9.17, 15) is 9.59 Å². The highest BCUT2D eigenvalue weighted by Gasteiger charge is 2.05. The first kappa shape index (κ1) is 20.8. The molecule has 1 N–H and O–H groups in total. The monoisotopic (exact) mass is 406 g/mol. The maximum atomic E-state index is 10.8. The van der Waals surface area contributed by atoms with Crippen LogP contribution in [0.1, 0.15) is 18.1 Å². The number of hydrogen-bond acceptors (Lipinski definition) is 2. The first-order valence-corrected chi connectivity index (χ1v) is 8.29. The molecular weight excluding hydrogens is 394 g/mol. The molecule has 0 aliphatic carbocycles. The van der Waals surface area contributed by atoms with Crippen molar-refractivity contribution < 1.29 is 14.7 Å². The maximum absolute atomic E-state index is 10.8. The van der Waals surface area contributed by atoms with Crippen molar-refractivity contribution in [1.82, 2.24) is 0 Å². The van der Waals surface area contributed by atoms with Crippen molar-refractivity contribution in [2.24, 2.45) is 0 Å². The molecule has 2 rings (SSSR count). The molecule has 3 nitrogen and oxygen atoms in total. The van der Waals surface area contributed by atoms with Gasteiger partial charge in [0.05, 0.1) is 6.42 Å². The molecule has 0 saturated heterocycles. The third-order valence-electron chi connectivity index (χ3n) is 2.81. The molecule has 0 aromatic heterocycles. The van der Waals surface area contributed by atoms with Crippen LogP contribution in [0, 0.1) is 0 Å². The first-order chi connectivity index (χ1) is 11.2. The predicted molar refractivity (Wildman–Crippen MR) is 98.6 cm³/mol. The lowest BCUT2D eigenvalue weighted by Crippen LogP contribution is -2.00. The van der Waals surface area contributed by atoms with E-state index >= 15 is 0 Å². The average Bonchev–Trinajstić information content (AvgIpc) is 2.45. The molecule has 0 radical (unpaired) electrons. The van der Waals surface area contributed by atoms with Gasteiger partial charge in [0.2, 0.25) is 0 Å². The minimum Gasteiger partial charge on any atom is -0.481 e.